The smallest absolute Gasteiger partial charge is 0.406 e. The first-order chi connectivity index (χ1) is 19.2. The number of nitrogens with zero attached hydrogens (tertiary/aromatic N) is 3. The number of imidazole rings is 1. The van der Waals surface area contributed by atoms with Crippen molar-refractivity contribution in [3.63, 3.8) is 0 Å². The Morgan fingerprint density at radius 3 is 2.70 bits per heavy atom. The van der Waals surface area contributed by atoms with E-state index in [0.29, 0.717) is 29.9 Å². The number of carboxylic acid groups (broad SMARTS) is 1. The van der Waals surface area contributed by atoms with Gasteiger partial charge in [-0.1, -0.05) is 36.4 Å². The van der Waals surface area contributed by atoms with Gasteiger partial charge in [-0.25, -0.2) is 4.98 Å². The van der Waals surface area contributed by atoms with Gasteiger partial charge in [-0.05, 0) is 48.1 Å². The van der Waals surface area contributed by atoms with E-state index in [4.69, 9.17) is 4.74 Å². The van der Waals surface area contributed by atoms with Crippen LogP contribution in [0.2, 0.25) is 0 Å². The Balaban J connectivity index is 1.44. The summed E-state index contributed by atoms with van der Waals surface area (Å²) in [7, 11) is 0. The summed E-state index contributed by atoms with van der Waals surface area (Å²) in [5.41, 5.74) is 2.82. The number of ether oxygens (including phenoxy) is 1. The molecule has 0 bridgehead atoms. The zero-order chi connectivity index (χ0) is 28.3. The minimum atomic E-state index is -4.66. The number of carboxylic acids is 1. The van der Waals surface area contributed by atoms with Crippen molar-refractivity contribution in [3.8, 4) is 5.75 Å². The molecule has 40 heavy (non-hydrogen) atoms. The second kappa shape index (κ2) is 11.6. The van der Waals surface area contributed by atoms with Crippen molar-refractivity contribution in [2.24, 2.45) is 5.92 Å². The summed E-state index contributed by atoms with van der Waals surface area (Å²) in [4.78, 5) is 30.4. The van der Waals surface area contributed by atoms with Crippen LogP contribution in [0.3, 0.4) is 0 Å². The van der Waals surface area contributed by atoms with Crippen LogP contribution in [0.25, 0.3) is 0 Å². The van der Waals surface area contributed by atoms with Gasteiger partial charge < -0.3 is 24.6 Å². The van der Waals surface area contributed by atoms with Crippen LogP contribution < -0.4 is 10.1 Å². The summed E-state index contributed by atoms with van der Waals surface area (Å²) in [6, 6.07) is 13.2. The molecule has 0 fully saturated rings. The molecule has 0 saturated heterocycles. The monoisotopic (exact) mass is 556 g/mol. The van der Waals surface area contributed by atoms with Crippen molar-refractivity contribution >= 4 is 17.8 Å². The molecular formula is C29H31F3N4O4. The number of hydrogen-bond donors (Lipinski definition) is 2. The van der Waals surface area contributed by atoms with E-state index in [0.717, 1.165) is 41.6 Å². The number of amides is 1. The van der Waals surface area contributed by atoms with Crippen LogP contribution in [0.5, 0.6) is 5.75 Å². The predicted molar refractivity (Wildman–Crippen MR) is 141 cm³/mol. The van der Waals surface area contributed by atoms with Gasteiger partial charge >= 0.3 is 12.1 Å². The number of anilines is 1. The lowest BCUT2D eigenvalue weighted by Crippen LogP contribution is -2.44. The average molecular weight is 557 g/mol. The van der Waals surface area contributed by atoms with Crippen molar-refractivity contribution < 1.29 is 32.6 Å². The van der Waals surface area contributed by atoms with Crippen molar-refractivity contribution in [3.05, 3.63) is 77.1 Å². The van der Waals surface area contributed by atoms with E-state index in [1.807, 2.05) is 12.3 Å². The van der Waals surface area contributed by atoms with Crippen LogP contribution in [0.4, 0.5) is 19.1 Å². The van der Waals surface area contributed by atoms with Gasteiger partial charge in [0.05, 0.1) is 30.7 Å². The fourth-order valence-corrected chi connectivity index (χ4v) is 5.50. The van der Waals surface area contributed by atoms with Crippen LogP contribution in [0.1, 0.15) is 41.3 Å². The number of aliphatic carboxylic acids is 1. The zero-order valence-electron chi connectivity index (χ0n) is 21.9. The number of carbonyl (C=O) groups is 2. The number of benzene rings is 2. The highest BCUT2D eigenvalue weighted by Gasteiger charge is 2.42. The van der Waals surface area contributed by atoms with E-state index in [-0.39, 0.29) is 12.8 Å². The van der Waals surface area contributed by atoms with Crippen molar-refractivity contribution in [2.45, 2.75) is 50.9 Å². The predicted octanol–water partition coefficient (Wildman–Crippen LogP) is 4.64. The zero-order valence-corrected chi connectivity index (χ0v) is 21.9. The van der Waals surface area contributed by atoms with Gasteiger partial charge in [-0.15, -0.1) is 0 Å². The van der Waals surface area contributed by atoms with E-state index in [1.54, 1.807) is 42.5 Å². The fourth-order valence-electron chi connectivity index (χ4n) is 5.50. The molecule has 2 aromatic carbocycles. The largest absolute Gasteiger partial charge is 0.493 e. The first kappa shape index (κ1) is 27.5. The van der Waals surface area contributed by atoms with Crippen molar-refractivity contribution in [1.29, 1.82) is 0 Å². The highest BCUT2D eigenvalue weighted by Crippen LogP contribution is 2.38. The Bertz CT molecular complexity index is 1340. The number of halogens is 3. The minimum Gasteiger partial charge on any atom is -0.493 e. The Morgan fingerprint density at radius 2 is 1.98 bits per heavy atom. The lowest BCUT2D eigenvalue weighted by atomic mass is 9.91. The fraction of sp³-hybridized carbons (Fsp3) is 0.414. The van der Waals surface area contributed by atoms with Crippen molar-refractivity contribution in [1.82, 2.24) is 14.5 Å². The molecule has 0 saturated carbocycles. The summed E-state index contributed by atoms with van der Waals surface area (Å²) >= 11 is 0. The normalized spacial score (nSPS) is 18.9. The number of carbonyl (C=O) groups excluding carboxylic acids is 1. The number of alkyl halides is 3. The second-order valence-electron chi connectivity index (χ2n) is 10.3. The molecule has 2 unspecified atom stereocenters. The average Bonchev–Trinajstić information content (AvgIpc) is 3.29. The summed E-state index contributed by atoms with van der Waals surface area (Å²) in [6.45, 7) is 0.627. The second-order valence-corrected chi connectivity index (χ2v) is 10.3. The van der Waals surface area contributed by atoms with Crippen LogP contribution in [-0.2, 0) is 35.4 Å². The lowest BCUT2D eigenvalue weighted by molar-refractivity contribution is -0.169. The van der Waals surface area contributed by atoms with Crippen LogP contribution >= 0.6 is 0 Å². The van der Waals surface area contributed by atoms with Gasteiger partial charge in [0.15, 0.2) is 0 Å². The molecule has 2 aliphatic heterocycles. The van der Waals surface area contributed by atoms with Crippen molar-refractivity contribution in [2.75, 3.05) is 25.0 Å². The Hall–Kier alpha value is -4.02. The minimum absolute atomic E-state index is 0.0353. The molecule has 2 aliphatic rings. The van der Waals surface area contributed by atoms with E-state index in [9.17, 15) is 27.9 Å². The molecule has 3 heterocycles. The maximum atomic E-state index is 13.8. The number of rotatable bonds is 9. The maximum Gasteiger partial charge on any atom is 0.406 e. The molecule has 3 aromatic rings. The van der Waals surface area contributed by atoms with Crippen LogP contribution in [0.15, 0.2) is 54.7 Å². The van der Waals surface area contributed by atoms with Gasteiger partial charge in [0.2, 0.25) is 11.9 Å². The third-order valence-corrected chi connectivity index (χ3v) is 7.31. The quantitative estimate of drug-likeness (QED) is 0.399. The molecule has 11 heteroatoms. The summed E-state index contributed by atoms with van der Waals surface area (Å²) in [6.07, 6.45) is -1.46. The van der Waals surface area contributed by atoms with Gasteiger partial charge in [-0.2, -0.15) is 13.2 Å². The van der Waals surface area contributed by atoms with Crippen LogP contribution in [0, 0.1) is 5.92 Å². The molecular weight excluding hydrogens is 525 g/mol. The molecule has 0 spiro atoms. The molecule has 212 valence electrons. The van der Waals surface area contributed by atoms with Gasteiger partial charge in [-0.3, -0.25) is 9.59 Å². The molecule has 5 rings (SSSR count). The number of fused-ring (bicyclic) bond motifs is 2. The summed E-state index contributed by atoms with van der Waals surface area (Å²) < 4.78 is 49.4. The molecule has 8 nitrogen and oxygen atoms in total. The summed E-state index contributed by atoms with van der Waals surface area (Å²) in [5, 5.41) is 12.7. The molecule has 1 amide bonds. The third-order valence-electron chi connectivity index (χ3n) is 7.31. The number of aromatic nitrogens is 2. The van der Waals surface area contributed by atoms with E-state index >= 15 is 0 Å². The Labute approximate surface area is 229 Å². The number of nitrogens with one attached hydrogen (secondary N) is 1. The topological polar surface area (TPSA) is 96.7 Å². The first-order valence-corrected chi connectivity index (χ1v) is 13.3. The highest BCUT2D eigenvalue weighted by molar-refractivity contribution is 5.85. The lowest BCUT2D eigenvalue weighted by Gasteiger charge is -2.33. The first-order valence-electron chi connectivity index (χ1n) is 13.3. The van der Waals surface area contributed by atoms with Gasteiger partial charge in [0, 0.05) is 25.7 Å². The van der Waals surface area contributed by atoms with E-state index in [1.165, 1.54) is 0 Å². The van der Waals surface area contributed by atoms with Gasteiger partial charge in [0.1, 0.15) is 12.3 Å². The SMILES string of the molecule is O=C(O)CC1Cc2ccc(OCCc3cn4c(n3)NCCC4)cc2C(Cc2ccccc2)N(CC(F)(F)F)C1=O. The van der Waals surface area contributed by atoms with Crippen LogP contribution in [-0.4, -0.2) is 57.3 Å². The highest BCUT2D eigenvalue weighted by atomic mass is 19.4. The molecule has 2 N–H and O–H groups in total. The standard InChI is InChI=1S/C29H31F3N4O4/c30-29(31,32)18-36-25(13-19-5-2-1-3-6-19)24-16-23(8-7-20(24)14-21(27(36)39)15-26(37)38)40-12-9-22-17-35-11-4-10-33-28(35)34-22/h1-3,5-8,16-17,21,25H,4,9-15,18H2,(H,33,34)(H,37,38). The molecule has 2 atom stereocenters. The molecule has 1 aromatic heterocycles. The number of aryl methyl sites for hydroxylation is 1. The Morgan fingerprint density at radius 1 is 1.18 bits per heavy atom. The van der Waals surface area contributed by atoms with Gasteiger partial charge in [0.25, 0.3) is 0 Å². The van der Waals surface area contributed by atoms with E-state index < -0.39 is 43.0 Å². The summed E-state index contributed by atoms with van der Waals surface area (Å²) in [5.74, 6) is -1.84. The Kier molecular flexibility index (Phi) is 7.99. The maximum absolute atomic E-state index is 13.8. The molecule has 0 aliphatic carbocycles. The molecule has 0 radical (unpaired) electrons. The third kappa shape index (κ3) is 6.57. The number of hydrogen-bond acceptors (Lipinski definition) is 5. The van der Waals surface area contributed by atoms with E-state index in [2.05, 4.69) is 14.9 Å².